The van der Waals surface area contributed by atoms with Crippen LogP contribution in [0.3, 0.4) is 0 Å². The van der Waals surface area contributed by atoms with Crippen LogP contribution in [0.15, 0.2) is 49.1 Å². The Bertz CT molecular complexity index is 1950. The molecule has 0 unspecified atom stereocenters. The number of carbonyl (C=O) groups excluding carboxylic acids is 3. The molecule has 0 aliphatic rings. The van der Waals surface area contributed by atoms with E-state index < -0.39 is 29.5 Å². The summed E-state index contributed by atoms with van der Waals surface area (Å²) in [6.45, 7) is 5.14. The summed E-state index contributed by atoms with van der Waals surface area (Å²) in [5, 5.41) is 0.490. The van der Waals surface area contributed by atoms with Crippen molar-refractivity contribution >= 4 is 45.7 Å². The number of amides is 1. The van der Waals surface area contributed by atoms with Gasteiger partial charge in [0.15, 0.2) is 0 Å². The fourth-order valence-corrected chi connectivity index (χ4v) is 4.23. The molecule has 0 aliphatic carbocycles. The lowest BCUT2D eigenvalue weighted by atomic mass is 10.1. The van der Waals surface area contributed by atoms with Gasteiger partial charge in [-0.2, -0.15) is 9.97 Å². The highest BCUT2D eigenvalue weighted by molar-refractivity contribution is 6.14. The van der Waals surface area contributed by atoms with Gasteiger partial charge in [0.05, 0.1) is 54.3 Å². The summed E-state index contributed by atoms with van der Waals surface area (Å²) in [6.07, 6.45) is 4.54. The number of fused-ring (bicyclic) bond motifs is 3. The van der Waals surface area contributed by atoms with Crippen LogP contribution in [0.25, 0.3) is 21.9 Å². The molecular weight excluding hydrogens is 591 g/mol. The zero-order chi connectivity index (χ0) is 32.5. The van der Waals surface area contributed by atoms with Crippen LogP contribution < -0.4 is 14.4 Å². The smallest absolute Gasteiger partial charge is 0.414 e. The van der Waals surface area contributed by atoms with E-state index >= 15 is 4.39 Å². The minimum absolute atomic E-state index is 0.0926. The number of nitrogens with zero attached hydrogens (tertiary/aromatic N) is 5. The number of esters is 2. The number of hydrogen-bond donors (Lipinski definition) is 1. The van der Waals surface area contributed by atoms with E-state index in [1.807, 2.05) is 0 Å². The third-order valence-electron chi connectivity index (χ3n) is 6.17. The van der Waals surface area contributed by atoms with Gasteiger partial charge < -0.3 is 28.7 Å². The fourth-order valence-electron chi connectivity index (χ4n) is 4.23. The van der Waals surface area contributed by atoms with Crippen molar-refractivity contribution < 1.29 is 42.5 Å². The van der Waals surface area contributed by atoms with E-state index in [1.54, 1.807) is 20.8 Å². The number of pyridine rings is 2. The average molecular weight is 619 g/mol. The predicted molar refractivity (Wildman–Crippen MR) is 157 cm³/mol. The number of anilines is 1. The zero-order valence-corrected chi connectivity index (χ0v) is 25.0. The van der Waals surface area contributed by atoms with Gasteiger partial charge in [0.1, 0.15) is 28.6 Å². The summed E-state index contributed by atoms with van der Waals surface area (Å²) in [5.74, 6) is -1.86. The molecule has 5 aromatic rings. The lowest BCUT2D eigenvalue weighted by Gasteiger charge is -2.25. The van der Waals surface area contributed by atoms with E-state index in [1.165, 1.54) is 70.3 Å². The maximum Gasteiger partial charge on any atom is 0.414 e. The molecule has 4 heterocycles. The van der Waals surface area contributed by atoms with Gasteiger partial charge in [-0.25, -0.2) is 18.8 Å². The molecule has 0 bridgehead atoms. The van der Waals surface area contributed by atoms with E-state index in [0.717, 1.165) is 4.90 Å². The van der Waals surface area contributed by atoms with Crippen LogP contribution in [-0.2, 0) is 14.2 Å². The highest BCUT2D eigenvalue weighted by Gasteiger charge is 2.26. The summed E-state index contributed by atoms with van der Waals surface area (Å²) >= 11 is 0. The Balaban J connectivity index is 1.68. The molecule has 5 rings (SSSR count). The zero-order valence-electron chi connectivity index (χ0n) is 25.0. The molecule has 0 saturated carbocycles. The van der Waals surface area contributed by atoms with Crippen molar-refractivity contribution in [2.75, 3.05) is 26.2 Å². The molecule has 0 saturated heterocycles. The number of nitrogens with one attached hydrogen (secondary N) is 1. The Hall–Kier alpha value is -5.86. The largest absolute Gasteiger partial charge is 0.465 e. The van der Waals surface area contributed by atoms with Crippen molar-refractivity contribution in [1.82, 2.24) is 24.9 Å². The summed E-state index contributed by atoms with van der Waals surface area (Å²) in [6, 6.07) is 4.91. The first-order chi connectivity index (χ1) is 21.4. The molecule has 14 nitrogen and oxygen atoms in total. The van der Waals surface area contributed by atoms with Gasteiger partial charge in [0.2, 0.25) is 5.88 Å². The second-order valence-electron chi connectivity index (χ2n) is 10.6. The monoisotopic (exact) mass is 618 g/mol. The number of hydrogen-bond acceptors (Lipinski definition) is 12. The third kappa shape index (κ3) is 6.56. The Morgan fingerprint density at radius 1 is 0.844 bits per heavy atom. The quantitative estimate of drug-likeness (QED) is 0.178. The van der Waals surface area contributed by atoms with Crippen LogP contribution in [0.1, 0.15) is 41.5 Å². The number of H-pyrrole nitrogens is 1. The number of aromatic amines is 1. The SMILES string of the molecule is COC(=O)c1cncc(Oc2nc(Oc3cncc(C(=O)OC)c3)c3c(n2)[nH]c2c(N(C)C(=O)OC(C)(C)C)cc(F)cc23)c1. The van der Waals surface area contributed by atoms with Gasteiger partial charge >= 0.3 is 24.0 Å². The van der Waals surface area contributed by atoms with Crippen molar-refractivity contribution in [3.63, 3.8) is 0 Å². The molecule has 232 valence electrons. The van der Waals surface area contributed by atoms with E-state index in [0.29, 0.717) is 5.52 Å². The van der Waals surface area contributed by atoms with Crippen molar-refractivity contribution in [3.8, 4) is 23.4 Å². The number of rotatable bonds is 7. The van der Waals surface area contributed by atoms with E-state index in [-0.39, 0.29) is 56.6 Å². The molecule has 1 aromatic carbocycles. The normalized spacial score (nSPS) is 11.3. The van der Waals surface area contributed by atoms with Crippen LogP contribution >= 0.6 is 0 Å². The summed E-state index contributed by atoms with van der Waals surface area (Å²) in [4.78, 5) is 58.1. The van der Waals surface area contributed by atoms with Gasteiger partial charge in [0, 0.05) is 24.8 Å². The van der Waals surface area contributed by atoms with Gasteiger partial charge in [-0.15, -0.1) is 0 Å². The summed E-state index contributed by atoms with van der Waals surface area (Å²) in [5.41, 5.74) is 0.0253. The molecular formula is C30H27FN6O8. The molecule has 15 heteroatoms. The maximum absolute atomic E-state index is 15.1. The van der Waals surface area contributed by atoms with Crippen molar-refractivity contribution in [3.05, 3.63) is 66.0 Å². The molecule has 1 amide bonds. The van der Waals surface area contributed by atoms with Gasteiger partial charge in [-0.1, -0.05) is 0 Å². The Labute approximate surface area is 255 Å². The Kier molecular flexibility index (Phi) is 8.18. The second-order valence-corrected chi connectivity index (χ2v) is 10.6. The minimum Gasteiger partial charge on any atom is -0.465 e. The standard InChI is InChI=1S/C30H27FN6O8/c1-30(2,3)45-29(40)37(4)21-10-17(31)9-20-22-24(34-23(20)21)35-28(44-19-8-16(12-33-14-19)27(39)42-6)36-25(22)43-18-7-15(11-32-13-18)26(38)41-5/h7-14H,1-6H3,(H,34,35,36). The number of halogens is 1. The molecule has 0 atom stereocenters. The lowest BCUT2D eigenvalue weighted by Crippen LogP contribution is -2.34. The summed E-state index contributed by atoms with van der Waals surface area (Å²) < 4.78 is 42.0. The molecule has 45 heavy (non-hydrogen) atoms. The first-order valence-electron chi connectivity index (χ1n) is 13.3. The molecule has 0 radical (unpaired) electrons. The highest BCUT2D eigenvalue weighted by Crippen LogP contribution is 2.39. The van der Waals surface area contributed by atoms with Crippen LogP contribution in [0.4, 0.5) is 14.9 Å². The lowest BCUT2D eigenvalue weighted by molar-refractivity contribution is 0.0582. The average Bonchev–Trinajstić information content (AvgIpc) is 3.37. The maximum atomic E-state index is 15.1. The van der Waals surface area contributed by atoms with E-state index in [9.17, 15) is 14.4 Å². The first kappa shape index (κ1) is 30.6. The number of carbonyl (C=O) groups is 3. The number of methoxy groups -OCH3 is 2. The van der Waals surface area contributed by atoms with Crippen molar-refractivity contribution in [1.29, 1.82) is 0 Å². The van der Waals surface area contributed by atoms with Crippen LogP contribution in [-0.4, -0.2) is 69.8 Å². The van der Waals surface area contributed by atoms with Crippen molar-refractivity contribution in [2.45, 2.75) is 26.4 Å². The fraction of sp³-hybridized carbons (Fsp3) is 0.233. The van der Waals surface area contributed by atoms with Crippen molar-refractivity contribution in [2.24, 2.45) is 0 Å². The van der Waals surface area contributed by atoms with Crippen LogP contribution in [0, 0.1) is 5.82 Å². The number of ether oxygens (including phenoxy) is 5. The molecule has 0 aliphatic heterocycles. The molecule has 4 aromatic heterocycles. The van der Waals surface area contributed by atoms with Gasteiger partial charge in [-0.05, 0) is 45.0 Å². The van der Waals surface area contributed by atoms with E-state index in [4.69, 9.17) is 23.7 Å². The third-order valence-corrected chi connectivity index (χ3v) is 6.17. The van der Waals surface area contributed by atoms with E-state index in [2.05, 4.69) is 24.9 Å². The molecule has 0 fully saturated rings. The number of aromatic nitrogens is 5. The predicted octanol–water partition coefficient (Wildman–Crippen LogP) is 5.57. The molecule has 0 spiro atoms. The second kappa shape index (κ2) is 12.0. The van der Waals surface area contributed by atoms with Crippen LogP contribution in [0.5, 0.6) is 23.4 Å². The van der Waals surface area contributed by atoms with Gasteiger partial charge in [-0.3, -0.25) is 14.9 Å². The molecule has 1 N–H and O–H groups in total. The first-order valence-corrected chi connectivity index (χ1v) is 13.3. The Morgan fingerprint density at radius 2 is 1.44 bits per heavy atom. The number of benzene rings is 1. The Morgan fingerprint density at radius 3 is 2.02 bits per heavy atom. The summed E-state index contributed by atoms with van der Waals surface area (Å²) in [7, 11) is 3.90. The highest BCUT2D eigenvalue weighted by atomic mass is 19.1. The van der Waals surface area contributed by atoms with Crippen LogP contribution in [0.2, 0.25) is 0 Å². The van der Waals surface area contributed by atoms with Gasteiger partial charge in [0.25, 0.3) is 0 Å². The minimum atomic E-state index is -0.802. The topological polar surface area (TPSA) is 168 Å².